The molecule has 1 saturated heterocycles. The maximum absolute atomic E-state index is 13.1. The molecule has 0 radical (unpaired) electrons. The molecule has 9 heteroatoms. The number of fused-ring (bicyclic) bond motifs is 1. The molecule has 1 aromatic carbocycles. The molecule has 0 bridgehead atoms. The highest BCUT2D eigenvalue weighted by atomic mass is 32.2. The minimum absolute atomic E-state index is 0.0295. The summed E-state index contributed by atoms with van der Waals surface area (Å²) in [4.78, 5) is 15.0. The van der Waals surface area contributed by atoms with Crippen LogP contribution >= 0.6 is 0 Å². The molecule has 3 aliphatic heterocycles. The Kier molecular flexibility index (Phi) is 5.24. The molecule has 8 nitrogen and oxygen atoms in total. The van der Waals surface area contributed by atoms with Crippen LogP contribution in [-0.2, 0) is 15.0 Å². The SMILES string of the molecule is CC1=NS(=O)(=O)NC(C)=C1CC(=O)N1CCC[C@@H]1c1ccc2c(c1)OCCCO2. The normalized spacial score (nSPS) is 23.3. The molecule has 1 atom stereocenters. The maximum Gasteiger partial charge on any atom is 0.342 e. The highest BCUT2D eigenvalue weighted by Gasteiger charge is 2.32. The number of hydrogen-bond donors (Lipinski definition) is 1. The summed E-state index contributed by atoms with van der Waals surface area (Å²) in [6.45, 7) is 5.21. The van der Waals surface area contributed by atoms with Crippen LogP contribution in [0.15, 0.2) is 33.9 Å². The van der Waals surface area contributed by atoms with Crippen LogP contribution in [0.4, 0.5) is 0 Å². The van der Waals surface area contributed by atoms with Crippen molar-refractivity contribution < 1.29 is 22.7 Å². The van der Waals surface area contributed by atoms with Gasteiger partial charge >= 0.3 is 10.2 Å². The summed E-state index contributed by atoms with van der Waals surface area (Å²) < 4.78 is 40.9. The number of nitrogens with zero attached hydrogens (tertiary/aromatic N) is 2. The lowest BCUT2D eigenvalue weighted by atomic mass is 10.0. The van der Waals surface area contributed by atoms with Gasteiger partial charge in [-0.05, 0) is 44.4 Å². The molecule has 1 aromatic rings. The fourth-order valence-electron chi connectivity index (χ4n) is 4.10. The molecule has 0 aromatic heterocycles. The van der Waals surface area contributed by atoms with Gasteiger partial charge in [-0.2, -0.15) is 8.42 Å². The summed E-state index contributed by atoms with van der Waals surface area (Å²) >= 11 is 0. The number of hydrogen-bond acceptors (Lipinski definition) is 5. The zero-order chi connectivity index (χ0) is 20.6. The fourth-order valence-corrected chi connectivity index (χ4v) is 5.12. The smallest absolute Gasteiger partial charge is 0.342 e. The summed E-state index contributed by atoms with van der Waals surface area (Å²) in [6.07, 6.45) is 2.76. The predicted molar refractivity (Wildman–Crippen MR) is 108 cm³/mol. The van der Waals surface area contributed by atoms with Crippen molar-refractivity contribution in [1.29, 1.82) is 0 Å². The van der Waals surface area contributed by atoms with E-state index in [1.165, 1.54) is 0 Å². The van der Waals surface area contributed by atoms with E-state index in [0.717, 1.165) is 36.3 Å². The molecule has 0 aliphatic carbocycles. The third-order valence-electron chi connectivity index (χ3n) is 5.49. The summed E-state index contributed by atoms with van der Waals surface area (Å²) in [5.74, 6) is 1.43. The Balaban J connectivity index is 1.54. The van der Waals surface area contributed by atoms with Crippen LogP contribution < -0.4 is 14.2 Å². The van der Waals surface area contributed by atoms with Crippen LogP contribution in [0.1, 0.15) is 51.1 Å². The van der Waals surface area contributed by atoms with Crippen molar-refractivity contribution in [2.75, 3.05) is 19.8 Å². The Labute approximate surface area is 170 Å². The predicted octanol–water partition coefficient (Wildman–Crippen LogP) is 2.48. The number of amides is 1. The first kappa shape index (κ1) is 19.8. The molecule has 156 valence electrons. The van der Waals surface area contributed by atoms with Gasteiger partial charge in [0.1, 0.15) is 0 Å². The Hall–Kier alpha value is -2.55. The van der Waals surface area contributed by atoms with Crippen LogP contribution in [0.3, 0.4) is 0 Å². The van der Waals surface area contributed by atoms with Crippen molar-refractivity contribution in [2.45, 2.75) is 45.6 Å². The number of carbonyl (C=O) groups excluding carboxylic acids is 1. The molecule has 1 fully saturated rings. The standard InChI is InChI=1S/C20H25N3O5S/c1-13-16(14(2)22-29(25,26)21-13)12-20(24)23-8-3-5-17(23)15-6-7-18-19(11-15)28-10-4-9-27-18/h6-7,11,17,21H,3-5,8-10,12H2,1-2H3/t17-/m1/s1. The van der Waals surface area contributed by atoms with Crippen LogP contribution in [0, 0.1) is 0 Å². The fraction of sp³-hybridized carbons (Fsp3) is 0.500. The average Bonchev–Trinajstić information content (AvgIpc) is 3.02. The summed E-state index contributed by atoms with van der Waals surface area (Å²) in [5.41, 5.74) is 2.48. The van der Waals surface area contributed by atoms with Crippen molar-refractivity contribution in [3.05, 3.63) is 35.0 Å². The van der Waals surface area contributed by atoms with E-state index in [2.05, 4.69) is 9.12 Å². The lowest BCUT2D eigenvalue weighted by Crippen LogP contribution is -2.34. The van der Waals surface area contributed by atoms with E-state index in [1.807, 2.05) is 23.1 Å². The first-order valence-corrected chi connectivity index (χ1v) is 11.3. The third kappa shape index (κ3) is 4.10. The van der Waals surface area contributed by atoms with E-state index in [0.29, 0.717) is 36.7 Å². The van der Waals surface area contributed by atoms with Gasteiger partial charge in [-0.1, -0.05) is 6.07 Å². The van der Waals surface area contributed by atoms with Crippen molar-refractivity contribution in [1.82, 2.24) is 9.62 Å². The molecular formula is C20H25N3O5S. The van der Waals surface area contributed by atoms with Gasteiger partial charge in [-0.3, -0.25) is 9.52 Å². The molecular weight excluding hydrogens is 394 g/mol. The number of benzene rings is 1. The number of allylic oxidation sites excluding steroid dienone is 1. The highest BCUT2D eigenvalue weighted by molar-refractivity contribution is 7.88. The van der Waals surface area contributed by atoms with Gasteiger partial charge in [0, 0.05) is 24.2 Å². The third-order valence-corrected chi connectivity index (χ3v) is 6.56. The van der Waals surface area contributed by atoms with Gasteiger partial charge in [0.2, 0.25) is 5.91 Å². The van der Waals surface area contributed by atoms with E-state index in [1.54, 1.807) is 13.8 Å². The lowest BCUT2D eigenvalue weighted by Gasteiger charge is -2.27. The number of ether oxygens (including phenoxy) is 2. The summed E-state index contributed by atoms with van der Waals surface area (Å²) in [5, 5.41) is 0. The number of carbonyl (C=O) groups is 1. The van der Waals surface area contributed by atoms with Gasteiger partial charge in [-0.25, -0.2) is 0 Å². The van der Waals surface area contributed by atoms with Crippen molar-refractivity contribution in [3.63, 3.8) is 0 Å². The first-order chi connectivity index (χ1) is 13.8. The molecule has 0 spiro atoms. The second kappa shape index (κ2) is 7.70. The summed E-state index contributed by atoms with van der Waals surface area (Å²) in [7, 11) is -3.70. The molecule has 29 heavy (non-hydrogen) atoms. The average molecular weight is 420 g/mol. The molecule has 4 rings (SSSR count). The Morgan fingerprint density at radius 1 is 1.21 bits per heavy atom. The zero-order valence-corrected chi connectivity index (χ0v) is 17.4. The van der Waals surface area contributed by atoms with Crippen LogP contribution in [0.5, 0.6) is 11.5 Å². The van der Waals surface area contributed by atoms with Gasteiger partial charge in [0.05, 0.1) is 31.4 Å². The van der Waals surface area contributed by atoms with E-state index >= 15 is 0 Å². The van der Waals surface area contributed by atoms with E-state index in [9.17, 15) is 13.2 Å². The quantitative estimate of drug-likeness (QED) is 0.812. The molecule has 3 aliphatic rings. The minimum atomic E-state index is -3.70. The molecule has 0 unspecified atom stereocenters. The Bertz CT molecular complexity index is 999. The Morgan fingerprint density at radius 2 is 1.97 bits per heavy atom. The van der Waals surface area contributed by atoms with Crippen LogP contribution in [-0.4, -0.2) is 44.7 Å². The van der Waals surface area contributed by atoms with Gasteiger partial charge < -0.3 is 14.4 Å². The zero-order valence-electron chi connectivity index (χ0n) is 16.6. The monoisotopic (exact) mass is 419 g/mol. The first-order valence-electron chi connectivity index (χ1n) is 9.82. The molecule has 0 saturated carbocycles. The topological polar surface area (TPSA) is 97.3 Å². The van der Waals surface area contributed by atoms with Crippen molar-refractivity contribution in [3.8, 4) is 11.5 Å². The number of rotatable bonds is 3. The van der Waals surface area contributed by atoms with Crippen LogP contribution in [0.2, 0.25) is 0 Å². The summed E-state index contributed by atoms with van der Waals surface area (Å²) in [6, 6.07) is 5.85. The number of likely N-dealkylation sites (tertiary alicyclic amines) is 1. The van der Waals surface area contributed by atoms with Gasteiger partial charge in [-0.15, -0.1) is 4.40 Å². The molecule has 1 N–H and O–H groups in total. The number of nitrogens with one attached hydrogen (secondary N) is 1. The van der Waals surface area contributed by atoms with Crippen LogP contribution in [0.25, 0.3) is 0 Å². The second-order valence-electron chi connectivity index (χ2n) is 7.54. The molecule has 1 amide bonds. The van der Waals surface area contributed by atoms with Crippen molar-refractivity contribution >= 4 is 21.8 Å². The van der Waals surface area contributed by atoms with E-state index in [-0.39, 0.29) is 18.4 Å². The highest BCUT2D eigenvalue weighted by Crippen LogP contribution is 2.38. The minimum Gasteiger partial charge on any atom is -0.490 e. The van der Waals surface area contributed by atoms with Gasteiger partial charge in [0.15, 0.2) is 11.5 Å². The van der Waals surface area contributed by atoms with Gasteiger partial charge in [0.25, 0.3) is 0 Å². The second-order valence-corrected chi connectivity index (χ2v) is 8.87. The lowest BCUT2D eigenvalue weighted by molar-refractivity contribution is -0.131. The van der Waals surface area contributed by atoms with E-state index < -0.39 is 10.2 Å². The Morgan fingerprint density at radius 3 is 2.72 bits per heavy atom. The van der Waals surface area contributed by atoms with Crippen molar-refractivity contribution in [2.24, 2.45) is 4.40 Å². The maximum atomic E-state index is 13.1. The molecule has 3 heterocycles. The largest absolute Gasteiger partial charge is 0.490 e. The van der Waals surface area contributed by atoms with E-state index in [4.69, 9.17) is 9.47 Å².